The molecule has 0 aliphatic rings. The molecule has 0 aromatic carbocycles. The summed E-state index contributed by atoms with van der Waals surface area (Å²) in [6, 6.07) is 18.3. The van der Waals surface area contributed by atoms with Gasteiger partial charge in [-0.25, -0.2) is 24.9 Å². The molecule has 10 aromatic heterocycles. The second kappa shape index (κ2) is 38.9. The number of hydrogen-bond acceptors (Lipinski definition) is 14. The van der Waals surface area contributed by atoms with Crippen molar-refractivity contribution in [3.8, 4) is 0 Å². The summed E-state index contributed by atoms with van der Waals surface area (Å²) >= 11 is 0. The Morgan fingerprint density at radius 2 is 0.779 bits per heavy atom. The van der Waals surface area contributed by atoms with Gasteiger partial charge in [0.05, 0.1) is 23.3 Å². The highest BCUT2D eigenvalue weighted by molar-refractivity contribution is 5.21. The largest absolute Gasteiger partial charge is 0.276 e. The van der Waals surface area contributed by atoms with E-state index in [-0.39, 0.29) is 0 Å². The fraction of sp³-hybridized carbons (Fsp3) is 0.311. The molecule has 10 heterocycles. The Morgan fingerprint density at radius 1 is 0.312 bits per heavy atom. The molecule has 10 rings (SSSR count). The summed E-state index contributed by atoms with van der Waals surface area (Å²) in [7, 11) is 3.82. The van der Waals surface area contributed by atoms with E-state index in [0.717, 1.165) is 51.4 Å². The van der Waals surface area contributed by atoms with Crippen LogP contribution in [0.1, 0.15) is 95.9 Å². The van der Waals surface area contributed by atoms with Gasteiger partial charge in [0.1, 0.15) is 24.3 Å². The Kier molecular flexibility index (Phi) is 33.5. The van der Waals surface area contributed by atoms with Crippen molar-refractivity contribution in [1.29, 1.82) is 0 Å². The Morgan fingerprint density at radius 3 is 1.04 bits per heavy atom. The van der Waals surface area contributed by atoms with Gasteiger partial charge in [0.2, 0.25) is 0 Å². The van der Waals surface area contributed by atoms with Gasteiger partial charge in [-0.1, -0.05) is 24.3 Å². The smallest absolute Gasteiger partial charge is 0.128 e. The van der Waals surface area contributed by atoms with Crippen LogP contribution in [0.3, 0.4) is 0 Å². The van der Waals surface area contributed by atoms with Gasteiger partial charge in [0.25, 0.3) is 0 Å². The summed E-state index contributed by atoms with van der Waals surface area (Å²) in [5, 5.41) is 7.96. The molecule has 0 radical (unpaired) electrons. The van der Waals surface area contributed by atoms with Gasteiger partial charge >= 0.3 is 0 Å². The van der Waals surface area contributed by atoms with Gasteiger partial charge in [-0.2, -0.15) is 10.2 Å². The van der Waals surface area contributed by atoms with Gasteiger partial charge in [0.15, 0.2) is 0 Å². The standard InChI is InChI=1S/C8H11N.3C7H9N.2C6H8N2.C6H7N.2C5H8N2.C4H5N3/c1-6-4-7(2)8(3)9-5-6;1-6-3-7(2)5-8-4-6;2*1-6-3-4-7(2)8-5-6;1-5-3-8-6(2)4-7-5;1-5-3-7-6(2)8-4-5;1-6-2-4-7-5-3-6;1-5-3-6-7(2)4-5;1-5-3-4-7(2)6-5;1-4-6-2-5-3-7-4/h4-5H,1-3H3;3*3-5H,1-2H3;2*3-4H,1-2H3;2-5H,1H3;2*3-4H,1-2H3;2-3H,1H3. The second-order valence-electron chi connectivity index (χ2n) is 18.0. The summed E-state index contributed by atoms with van der Waals surface area (Å²) in [4.78, 5) is 47.3. The lowest BCUT2D eigenvalue weighted by Crippen LogP contribution is -1.86. The third-order valence-electron chi connectivity index (χ3n) is 9.58. The summed E-state index contributed by atoms with van der Waals surface area (Å²) in [6.45, 7) is 33.8. The average molecular weight is 1040 g/mol. The SMILES string of the molecule is Cc1ccc(C)nc1.Cc1ccc(C)nc1.Cc1ccn(C)n1.Cc1ccncc1.Cc1cnc(C)c(C)c1.Cc1cnc(C)cn1.Cc1cnc(C)nc1.Cc1cncc(C)c1.Cc1cnn(C)c1.Cc1ncncn1. The Hall–Kier alpha value is -8.66. The van der Waals surface area contributed by atoms with Crippen LogP contribution in [-0.2, 0) is 14.1 Å². The molecule has 0 atom stereocenters. The third kappa shape index (κ3) is 36.8. The zero-order valence-corrected chi connectivity index (χ0v) is 49.1. The van der Waals surface area contributed by atoms with Crippen LogP contribution < -0.4 is 0 Å². The van der Waals surface area contributed by atoms with Gasteiger partial charge in [-0.15, -0.1) is 0 Å². The number of rotatable bonds is 0. The van der Waals surface area contributed by atoms with E-state index in [1.807, 2.05) is 210 Å². The number of aromatic nitrogens is 16. The predicted octanol–water partition coefficient (Wildman–Crippen LogP) is 12.3. The topological polar surface area (TPSA) is 190 Å². The quantitative estimate of drug-likeness (QED) is 0.139. The molecule has 0 aliphatic heterocycles. The lowest BCUT2D eigenvalue weighted by molar-refractivity contribution is 0.756. The first-order valence-electron chi connectivity index (χ1n) is 24.9. The lowest BCUT2D eigenvalue weighted by atomic mass is 10.2. The van der Waals surface area contributed by atoms with Gasteiger partial charge in [0, 0.05) is 112 Å². The van der Waals surface area contributed by atoms with Crippen LogP contribution in [-0.4, -0.2) is 79.4 Å². The highest BCUT2D eigenvalue weighted by atomic mass is 15.2. The number of aryl methyl sites for hydroxylation is 19. The molecule has 0 aliphatic carbocycles. The van der Waals surface area contributed by atoms with E-state index in [2.05, 4.69) is 108 Å². The molecular weight excluding hydrogens is 957 g/mol. The van der Waals surface area contributed by atoms with E-state index in [0.29, 0.717) is 0 Å². The van der Waals surface area contributed by atoms with Crippen molar-refractivity contribution in [3.63, 3.8) is 0 Å². The molecule has 10 aromatic rings. The normalized spacial score (nSPS) is 9.23. The Labute approximate surface area is 459 Å². The van der Waals surface area contributed by atoms with Crippen LogP contribution in [0.5, 0.6) is 0 Å². The van der Waals surface area contributed by atoms with E-state index in [1.54, 1.807) is 34.2 Å². The molecule has 77 heavy (non-hydrogen) atoms. The summed E-state index contributed by atoms with van der Waals surface area (Å²) in [6.07, 6.45) is 28.7. The van der Waals surface area contributed by atoms with Crippen molar-refractivity contribution in [2.75, 3.05) is 0 Å². The average Bonchev–Trinajstić information content (AvgIpc) is 3.99. The van der Waals surface area contributed by atoms with Crippen molar-refractivity contribution in [2.45, 2.75) is 118 Å². The van der Waals surface area contributed by atoms with Crippen LogP contribution >= 0.6 is 0 Å². The molecule has 0 spiro atoms. The van der Waals surface area contributed by atoms with E-state index < -0.39 is 0 Å². The first kappa shape index (κ1) is 66.4. The van der Waals surface area contributed by atoms with Crippen LogP contribution in [0, 0.1) is 118 Å². The van der Waals surface area contributed by atoms with Crippen LogP contribution in [0.2, 0.25) is 0 Å². The number of hydrogen-bond donors (Lipinski definition) is 0. The van der Waals surface area contributed by atoms with E-state index in [4.69, 9.17) is 0 Å². The molecule has 0 N–H and O–H groups in total. The molecule has 406 valence electrons. The van der Waals surface area contributed by atoms with Crippen molar-refractivity contribution in [2.24, 2.45) is 14.1 Å². The summed E-state index contributed by atoms with van der Waals surface area (Å²) in [5.41, 5.74) is 17.3. The first-order chi connectivity index (χ1) is 36.5. The summed E-state index contributed by atoms with van der Waals surface area (Å²) < 4.78 is 3.57. The Bertz CT molecular complexity index is 2650. The van der Waals surface area contributed by atoms with E-state index in [1.165, 1.54) is 57.2 Å². The fourth-order valence-corrected chi connectivity index (χ4v) is 5.29. The highest BCUT2D eigenvalue weighted by Crippen LogP contribution is 2.04. The van der Waals surface area contributed by atoms with Crippen molar-refractivity contribution in [3.05, 3.63) is 250 Å². The van der Waals surface area contributed by atoms with Crippen molar-refractivity contribution < 1.29 is 0 Å². The molecule has 0 unspecified atom stereocenters. The molecule has 0 amide bonds. The van der Waals surface area contributed by atoms with Crippen LogP contribution in [0.25, 0.3) is 0 Å². The van der Waals surface area contributed by atoms with E-state index in [9.17, 15) is 0 Å². The third-order valence-corrected chi connectivity index (χ3v) is 9.58. The molecule has 0 fully saturated rings. The minimum atomic E-state index is 0.759. The molecule has 0 saturated heterocycles. The molecule has 16 nitrogen and oxygen atoms in total. The number of pyridine rings is 5. The highest BCUT2D eigenvalue weighted by Gasteiger charge is 1.91. The second-order valence-corrected chi connectivity index (χ2v) is 18.0. The van der Waals surface area contributed by atoms with E-state index >= 15 is 0 Å². The maximum atomic E-state index is 4.18. The Balaban J connectivity index is 0.000000428. The van der Waals surface area contributed by atoms with Crippen LogP contribution in [0.4, 0.5) is 0 Å². The fourth-order valence-electron chi connectivity index (χ4n) is 5.29. The maximum Gasteiger partial charge on any atom is 0.128 e. The van der Waals surface area contributed by atoms with Gasteiger partial charge < -0.3 is 0 Å². The minimum absolute atomic E-state index is 0.759. The van der Waals surface area contributed by atoms with Crippen molar-refractivity contribution >= 4 is 0 Å². The van der Waals surface area contributed by atoms with Crippen molar-refractivity contribution in [1.82, 2.24) is 79.4 Å². The predicted molar refractivity (Wildman–Crippen MR) is 312 cm³/mol. The zero-order valence-electron chi connectivity index (χ0n) is 49.1. The molecule has 16 heteroatoms. The molecule has 0 bridgehead atoms. The summed E-state index contributed by atoms with van der Waals surface area (Å²) in [5.74, 6) is 1.59. The molecular formula is C61H82N16. The van der Waals surface area contributed by atoms with Crippen LogP contribution in [0.15, 0.2) is 154 Å². The molecule has 0 saturated carbocycles. The zero-order chi connectivity index (χ0) is 57.5. The maximum absolute atomic E-state index is 4.18. The van der Waals surface area contributed by atoms with Gasteiger partial charge in [-0.3, -0.25) is 44.3 Å². The van der Waals surface area contributed by atoms with Gasteiger partial charge in [-0.05, 0) is 198 Å². The minimum Gasteiger partial charge on any atom is -0.276 e. The first-order valence-corrected chi connectivity index (χ1v) is 24.9. The monoisotopic (exact) mass is 1040 g/mol. The number of nitrogens with zero attached hydrogens (tertiary/aromatic N) is 16. The lowest BCUT2D eigenvalue weighted by Gasteiger charge is -1.97.